The Hall–Kier alpha value is -1.20. The van der Waals surface area contributed by atoms with Crippen molar-refractivity contribution in [3.05, 3.63) is 23.8 Å². The SMILES string of the molecule is COC(=O)C1(CCCCl)Sc2cc(OC)ccc2CCC1=O. The lowest BCUT2D eigenvalue weighted by Gasteiger charge is -2.27. The average molecular weight is 343 g/mol. The van der Waals surface area contributed by atoms with Crippen LogP contribution < -0.4 is 4.74 Å². The first-order valence-electron chi connectivity index (χ1n) is 7.11. The summed E-state index contributed by atoms with van der Waals surface area (Å²) >= 11 is 7.05. The molecule has 1 aliphatic heterocycles. The van der Waals surface area contributed by atoms with E-state index in [-0.39, 0.29) is 5.78 Å². The molecule has 0 bridgehead atoms. The van der Waals surface area contributed by atoms with Gasteiger partial charge in [0.15, 0.2) is 10.5 Å². The second-order valence-electron chi connectivity index (χ2n) is 5.11. The molecule has 4 nitrogen and oxygen atoms in total. The summed E-state index contributed by atoms with van der Waals surface area (Å²) in [6, 6.07) is 5.69. The van der Waals surface area contributed by atoms with Gasteiger partial charge in [-0.1, -0.05) is 17.8 Å². The predicted molar refractivity (Wildman–Crippen MR) is 86.9 cm³/mol. The number of esters is 1. The van der Waals surface area contributed by atoms with Crippen molar-refractivity contribution in [2.75, 3.05) is 20.1 Å². The minimum atomic E-state index is -1.21. The summed E-state index contributed by atoms with van der Waals surface area (Å²) in [5.74, 6) is 0.516. The van der Waals surface area contributed by atoms with Crippen LogP contribution in [0.3, 0.4) is 0 Å². The molecular weight excluding hydrogens is 324 g/mol. The molecule has 1 unspecified atom stereocenters. The van der Waals surface area contributed by atoms with E-state index in [0.29, 0.717) is 37.3 Å². The van der Waals surface area contributed by atoms with Crippen molar-refractivity contribution in [1.82, 2.24) is 0 Å². The maximum Gasteiger partial charge on any atom is 0.329 e. The van der Waals surface area contributed by atoms with Crippen molar-refractivity contribution in [3.63, 3.8) is 0 Å². The van der Waals surface area contributed by atoms with E-state index in [1.165, 1.54) is 18.9 Å². The van der Waals surface area contributed by atoms with Crippen molar-refractivity contribution in [2.24, 2.45) is 0 Å². The number of thioether (sulfide) groups is 1. The summed E-state index contributed by atoms with van der Waals surface area (Å²) in [5.41, 5.74) is 1.05. The number of alkyl halides is 1. The van der Waals surface area contributed by atoms with E-state index >= 15 is 0 Å². The molecule has 0 N–H and O–H groups in total. The largest absolute Gasteiger partial charge is 0.497 e. The fraction of sp³-hybridized carbons (Fsp3) is 0.500. The zero-order chi connectivity index (χ0) is 16.2. The first-order chi connectivity index (χ1) is 10.6. The molecule has 120 valence electrons. The number of benzene rings is 1. The highest BCUT2D eigenvalue weighted by atomic mass is 35.5. The Morgan fingerprint density at radius 3 is 2.77 bits per heavy atom. The number of ether oxygens (including phenoxy) is 2. The molecule has 0 fully saturated rings. The lowest BCUT2D eigenvalue weighted by Crippen LogP contribution is -2.44. The van der Waals surface area contributed by atoms with Crippen molar-refractivity contribution < 1.29 is 19.1 Å². The quantitative estimate of drug-likeness (QED) is 0.467. The average Bonchev–Trinajstić information content (AvgIpc) is 2.69. The summed E-state index contributed by atoms with van der Waals surface area (Å²) < 4.78 is 8.97. The van der Waals surface area contributed by atoms with Crippen molar-refractivity contribution in [2.45, 2.75) is 35.3 Å². The number of aryl methyl sites for hydroxylation is 1. The summed E-state index contributed by atoms with van der Waals surface area (Å²) in [6.07, 6.45) is 1.90. The van der Waals surface area contributed by atoms with Crippen LogP contribution in [0.1, 0.15) is 24.8 Å². The van der Waals surface area contributed by atoms with Crippen LogP contribution in [0.5, 0.6) is 5.75 Å². The van der Waals surface area contributed by atoms with Gasteiger partial charge in [0.1, 0.15) is 5.75 Å². The maximum absolute atomic E-state index is 12.7. The topological polar surface area (TPSA) is 52.6 Å². The van der Waals surface area contributed by atoms with Gasteiger partial charge in [-0.05, 0) is 37.0 Å². The highest BCUT2D eigenvalue weighted by Crippen LogP contribution is 2.44. The summed E-state index contributed by atoms with van der Waals surface area (Å²) in [6.45, 7) is 0. The molecule has 0 amide bonds. The maximum atomic E-state index is 12.7. The Balaban J connectivity index is 2.46. The molecule has 1 aromatic carbocycles. The summed E-state index contributed by atoms with van der Waals surface area (Å²) in [5, 5.41) is 0. The van der Waals surface area contributed by atoms with E-state index < -0.39 is 10.7 Å². The molecule has 1 heterocycles. The molecular formula is C16H19ClO4S. The molecule has 0 radical (unpaired) electrons. The lowest BCUT2D eigenvalue weighted by atomic mass is 9.93. The number of Topliss-reactive ketones (excluding diaryl/α,β-unsaturated/α-hetero) is 1. The third-order valence-corrected chi connectivity index (χ3v) is 5.62. The van der Waals surface area contributed by atoms with Crippen LogP contribution in [-0.2, 0) is 20.7 Å². The minimum absolute atomic E-state index is 0.0929. The van der Waals surface area contributed by atoms with Crippen LogP contribution >= 0.6 is 23.4 Å². The van der Waals surface area contributed by atoms with Crippen LogP contribution in [0.25, 0.3) is 0 Å². The number of ketones is 1. The zero-order valence-electron chi connectivity index (χ0n) is 12.7. The van der Waals surface area contributed by atoms with Crippen LogP contribution in [-0.4, -0.2) is 36.6 Å². The fourth-order valence-electron chi connectivity index (χ4n) is 2.59. The van der Waals surface area contributed by atoms with Gasteiger partial charge in [0, 0.05) is 17.2 Å². The van der Waals surface area contributed by atoms with Crippen molar-refractivity contribution in [1.29, 1.82) is 0 Å². The van der Waals surface area contributed by atoms with E-state index in [1.54, 1.807) is 7.11 Å². The van der Waals surface area contributed by atoms with E-state index in [1.807, 2.05) is 18.2 Å². The van der Waals surface area contributed by atoms with Crippen LogP contribution in [0.4, 0.5) is 0 Å². The fourth-order valence-corrected chi connectivity index (χ4v) is 4.20. The zero-order valence-corrected chi connectivity index (χ0v) is 14.3. The van der Waals surface area contributed by atoms with E-state index in [4.69, 9.17) is 21.1 Å². The molecule has 1 aliphatic rings. The minimum Gasteiger partial charge on any atom is -0.497 e. The van der Waals surface area contributed by atoms with Gasteiger partial charge in [-0.15, -0.1) is 11.6 Å². The Bertz CT molecular complexity index is 575. The molecule has 1 aromatic rings. The third kappa shape index (κ3) is 3.25. The van der Waals surface area contributed by atoms with Gasteiger partial charge in [0.25, 0.3) is 0 Å². The van der Waals surface area contributed by atoms with Gasteiger partial charge in [0.05, 0.1) is 14.2 Å². The van der Waals surface area contributed by atoms with Gasteiger partial charge < -0.3 is 9.47 Å². The van der Waals surface area contributed by atoms with Crippen molar-refractivity contribution >= 4 is 35.1 Å². The third-order valence-electron chi connectivity index (χ3n) is 3.81. The van der Waals surface area contributed by atoms with E-state index in [9.17, 15) is 9.59 Å². The van der Waals surface area contributed by atoms with Gasteiger partial charge in [-0.25, -0.2) is 0 Å². The molecule has 0 aromatic heterocycles. The number of fused-ring (bicyclic) bond motifs is 1. The summed E-state index contributed by atoms with van der Waals surface area (Å²) in [7, 11) is 2.91. The van der Waals surface area contributed by atoms with Gasteiger partial charge >= 0.3 is 5.97 Å². The van der Waals surface area contributed by atoms with Crippen LogP contribution in [0, 0.1) is 0 Å². The number of carbonyl (C=O) groups is 2. The first kappa shape index (κ1) is 17.2. The molecule has 0 spiro atoms. The van der Waals surface area contributed by atoms with E-state index in [0.717, 1.165) is 10.5 Å². The second kappa shape index (κ2) is 7.38. The summed E-state index contributed by atoms with van der Waals surface area (Å²) in [4.78, 5) is 25.9. The monoisotopic (exact) mass is 342 g/mol. The number of carbonyl (C=O) groups excluding carboxylic acids is 2. The second-order valence-corrected chi connectivity index (χ2v) is 6.83. The lowest BCUT2D eigenvalue weighted by molar-refractivity contribution is -0.147. The molecule has 2 rings (SSSR count). The Kier molecular flexibility index (Phi) is 5.75. The molecule has 6 heteroatoms. The first-order valence-corrected chi connectivity index (χ1v) is 8.46. The van der Waals surface area contributed by atoms with E-state index in [2.05, 4.69) is 0 Å². The van der Waals surface area contributed by atoms with Gasteiger partial charge in [-0.3, -0.25) is 9.59 Å². The van der Waals surface area contributed by atoms with Gasteiger partial charge in [-0.2, -0.15) is 0 Å². The highest BCUT2D eigenvalue weighted by molar-refractivity contribution is 8.02. The Morgan fingerprint density at radius 1 is 1.36 bits per heavy atom. The number of hydrogen-bond acceptors (Lipinski definition) is 5. The molecule has 0 saturated heterocycles. The van der Waals surface area contributed by atoms with Crippen LogP contribution in [0.2, 0.25) is 0 Å². The Morgan fingerprint density at radius 2 is 2.14 bits per heavy atom. The number of methoxy groups -OCH3 is 2. The van der Waals surface area contributed by atoms with Crippen LogP contribution in [0.15, 0.2) is 23.1 Å². The molecule has 0 aliphatic carbocycles. The predicted octanol–water partition coefficient (Wildman–Crippen LogP) is 3.23. The van der Waals surface area contributed by atoms with Crippen molar-refractivity contribution in [3.8, 4) is 5.75 Å². The smallest absolute Gasteiger partial charge is 0.329 e. The number of hydrogen-bond donors (Lipinski definition) is 0. The van der Waals surface area contributed by atoms with Gasteiger partial charge in [0.2, 0.25) is 0 Å². The highest BCUT2D eigenvalue weighted by Gasteiger charge is 2.48. The normalized spacial score (nSPS) is 21.0. The number of rotatable bonds is 5. The molecule has 1 atom stereocenters. The number of halogens is 1. The molecule has 22 heavy (non-hydrogen) atoms. The molecule has 0 saturated carbocycles. The standard InChI is InChI=1S/C16H19ClO4S/c1-20-12-6-4-11-5-7-14(18)16(8-3-9-17,15(19)21-2)22-13(11)10-12/h4,6,10H,3,5,7-9H2,1-2H3. The Labute approximate surface area is 139 Å².